The van der Waals surface area contributed by atoms with Crippen molar-refractivity contribution in [1.82, 2.24) is 9.80 Å². The molecule has 0 radical (unpaired) electrons. The first-order valence-corrected chi connectivity index (χ1v) is 11.3. The van der Waals surface area contributed by atoms with Crippen LogP contribution in [0.2, 0.25) is 0 Å². The van der Waals surface area contributed by atoms with E-state index in [4.69, 9.17) is 23.2 Å². The molecule has 1 aliphatic rings. The van der Waals surface area contributed by atoms with Gasteiger partial charge in [-0.25, -0.2) is 8.78 Å². The number of piperazine rings is 1. The highest BCUT2D eigenvalue weighted by Crippen LogP contribution is 2.41. The van der Waals surface area contributed by atoms with E-state index in [1.165, 1.54) is 24.3 Å². The van der Waals surface area contributed by atoms with E-state index in [1.54, 1.807) is 24.3 Å². The zero-order valence-electron chi connectivity index (χ0n) is 17.5. The first-order chi connectivity index (χ1) is 15.4. The van der Waals surface area contributed by atoms with Crippen LogP contribution < -0.4 is 0 Å². The molecule has 0 aromatic heterocycles. The number of nitrogens with zero attached hydrogens (tertiary/aromatic N) is 2. The SMILES string of the molecule is Fc1ccc(C(c2ccc(F)cc2)N2CCN(C/C=C/c3ccccc3)CC2(Cl)Cl)cc1. The van der Waals surface area contributed by atoms with Crippen LogP contribution in [0.15, 0.2) is 84.9 Å². The van der Waals surface area contributed by atoms with Gasteiger partial charge in [0.2, 0.25) is 0 Å². The smallest absolute Gasteiger partial charge is 0.184 e. The van der Waals surface area contributed by atoms with Crippen LogP contribution in [-0.4, -0.2) is 40.4 Å². The number of alkyl halides is 2. The third kappa shape index (κ3) is 5.57. The van der Waals surface area contributed by atoms with Gasteiger partial charge in [0, 0.05) is 26.2 Å². The van der Waals surface area contributed by atoms with Gasteiger partial charge in [0.25, 0.3) is 0 Å². The molecule has 3 aromatic rings. The second-order valence-electron chi connectivity index (χ2n) is 7.91. The second kappa shape index (κ2) is 10.1. The number of hydrogen-bond donors (Lipinski definition) is 0. The summed E-state index contributed by atoms with van der Waals surface area (Å²) in [5, 5.41) is 0. The van der Waals surface area contributed by atoms with Crippen LogP contribution in [0.25, 0.3) is 6.08 Å². The van der Waals surface area contributed by atoms with Gasteiger partial charge in [0.1, 0.15) is 11.6 Å². The molecule has 0 amide bonds. The number of benzene rings is 3. The fourth-order valence-electron chi connectivity index (χ4n) is 4.07. The van der Waals surface area contributed by atoms with Crippen molar-refractivity contribution in [2.24, 2.45) is 0 Å². The third-order valence-corrected chi connectivity index (χ3v) is 6.32. The highest BCUT2D eigenvalue weighted by molar-refractivity contribution is 6.48. The van der Waals surface area contributed by atoms with Gasteiger partial charge in [-0.3, -0.25) is 9.80 Å². The van der Waals surface area contributed by atoms with Crippen LogP contribution in [0.4, 0.5) is 8.78 Å². The number of halogens is 4. The standard InChI is InChI=1S/C26H24Cl2F2N2/c27-26(28)19-31(16-4-7-20-5-2-1-3-6-20)17-18-32(26)25(21-8-12-23(29)13-9-21)22-10-14-24(30)15-11-22/h1-15,25H,16-19H2/b7-4+. The summed E-state index contributed by atoms with van der Waals surface area (Å²) in [4.78, 5) is 4.19. The van der Waals surface area contributed by atoms with E-state index in [-0.39, 0.29) is 17.7 Å². The van der Waals surface area contributed by atoms with Gasteiger partial charge in [-0.15, -0.1) is 0 Å². The fraction of sp³-hybridized carbons (Fsp3) is 0.231. The maximum Gasteiger partial charge on any atom is 0.184 e. The van der Waals surface area contributed by atoms with Crippen LogP contribution in [-0.2, 0) is 0 Å². The molecule has 3 aromatic carbocycles. The van der Waals surface area contributed by atoms with Crippen molar-refractivity contribution in [3.05, 3.63) is 113 Å². The zero-order chi connectivity index (χ0) is 22.6. The maximum absolute atomic E-state index is 13.6. The van der Waals surface area contributed by atoms with E-state index < -0.39 is 4.46 Å². The summed E-state index contributed by atoms with van der Waals surface area (Å²) in [6.07, 6.45) is 4.18. The van der Waals surface area contributed by atoms with E-state index in [0.717, 1.165) is 29.8 Å². The summed E-state index contributed by atoms with van der Waals surface area (Å²) in [6, 6.07) is 22.4. The molecule has 4 rings (SSSR count). The van der Waals surface area contributed by atoms with E-state index in [2.05, 4.69) is 29.2 Å². The van der Waals surface area contributed by atoms with Crippen molar-refractivity contribution in [2.75, 3.05) is 26.2 Å². The molecule has 1 fully saturated rings. The molecule has 6 heteroatoms. The van der Waals surface area contributed by atoms with E-state index >= 15 is 0 Å². The number of hydrogen-bond acceptors (Lipinski definition) is 2. The Morgan fingerprint density at radius 3 is 1.91 bits per heavy atom. The Morgan fingerprint density at radius 2 is 1.38 bits per heavy atom. The second-order valence-corrected chi connectivity index (χ2v) is 9.36. The van der Waals surface area contributed by atoms with Crippen molar-refractivity contribution in [3.63, 3.8) is 0 Å². The molecule has 1 saturated heterocycles. The highest BCUT2D eigenvalue weighted by atomic mass is 35.5. The molecule has 0 N–H and O–H groups in total. The van der Waals surface area contributed by atoms with Crippen LogP contribution >= 0.6 is 23.2 Å². The van der Waals surface area contributed by atoms with Crippen LogP contribution in [0.3, 0.4) is 0 Å². The van der Waals surface area contributed by atoms with Gasteiger partial charge in [0.15, 0.2) is 4.46 Å². The van der Waals surface area contributed by atoms with Gasteiger partial charge < -0.3 is 0 Å². The molecule has 1 heterocycles. The summed E-state index contributed by atoms with van der Waals surface area (Å²) >= 11 is 13.7. The summed E-state index contributed by atoms with van der Waals surface area (Å²) in [5.74, 6) is -0.630. The van der Waals surface area contributed by atoms with Gasteiger partial charge >= 0.3 is 0 Å². The van der Waals surface area contributed by atoms with Crippen molar-refractivity contribution in [1.29, 1.82) is 0 Å². The molecule has 0 spiro atoms. The minimum atomic E-state index is -1.17. The molecular weight excluding hydrogens is 449 g/mol. The van der Waals surface area contributed by atoms with Crippen molar-refractivity contribution in [2.45, 2.75) is 10.5 Å². The summed E-state index contributed by atoms with van der Waals surface area (Å²) < 4.78 is 26.0. The first-order valence-electron chi connectivity index (χ1n) is 10.5. The fourth-order valence-corrected chi connectivity index (χ4v) is 4.77. The van der Waals surface area contributed by atoms with Gasteiger partial charge in [-0.2, -0.15) is 0 Å². The molecule has 0 bridgehead atoms. The van der Waals surface area contributed by atoms with Crippen LogP contribution in [0.5, 0.6) is 0 Å². The predicted octanol–water partition coefficient (Wildman–Crippen LogP) is 6.52. The Labute approximate surface area is 197 Å². The summed E-state index contributed by atoms with van der Waals surface area (Å²) in [5.41, 5.74) is 2.84. The molecule has 32 heavy (non-hydrogen) atoms. The predicted molar refractivity (Wildman–Crippen MR) is 128 cm³/mol. The maximum atomic E-state index is 13.6. The van der Waals surface area contributed by atoms with Crippen molar-refractivity contribution >= 4 is 29.3 Å². The minimum Gasteiger partial charge on any atom is -0.294 e. The summed E-state index contributed by atoms with van der Waals surface area (Å²) in [6.45, 7) is 2.53. The van der Waals surface area contributed by atoms with Crippen LogP contribution in [0, 0.1) is 11.6 Å². The Hall–Kier alpha value is -2.24. The van der Waals surface area contributed by atoms with E-state index in [0.29, 0.717) is 13.1 Å². The van der Waals surface area contributed by atoms with E-state index in [1.807, 2.05) is 23.1 Å². The molecular formula is C26H24Cl2F2N2. The number of rotatable bonds is 6. The lowest BCUT2D eigenvalue weighted by molar-refractivity contribution is 0.0758. The summed E-state index contributed by atoms with van der Waals surface area (Å²) in [7, 11) is 0. The molecule has 0 saturated carbocycles. The Bertz CT molecular complexity index is 992. The average Bonchev–Trinajstić information content (AvgIpc) is 2.78. The quantitative estimate of drug-likeness (QED) is 0.297. The Balaban J connectivity index is 1.54. The molecule has 166 valence electrons. The Kier molecular flexibility index (Phi) is 7.27. The zero-order valence-corrected chi connectivity index (χ0v) is 19.0. The van der Waals surface area contributed by atoms with Gasteiger partial charge in [-0.05, 0) is 41.0 Å². The van der Waals surface area contributed by atoms with Gasteiger partial charge in [-0.1, -0.05) is 90.0 Å². The largest absolute Gasteiger partial charge is 0.294 e. The molecule has 0 atom stereocenters. The molecule has 0 aliphatic carbocycles. The normalized spacial score (nSPS) is 17.3. The van der Waals surface area contributed by atoms with Crippen molar-refractivity contribution in [3.8, 4) is 0 Å². The van der Waals surface area contributed by atoms with Crippen LogP contribution in [0.1, 0.15) is 22.7 Å². The lowest BCUT2D eigenvalue weighted by Gasteiger charge is -2.47. The molecule has 2 nitrogen and oxygen atoms in total. The molecule has 1 aliphatic heterocycles. The lowest BCUT2D eigenvalue weighted by atomic mass is 9.96. The Morgan fingerprint density at radius 1 is 0.812 bits per heavy atom. The topological polar surface area (TPSA) is 6.48 Å². The first kappa shape index (κ1) is 22.9. The monoisotopic (exact) mass is 472 g/mol. The van der Waals surface area contributed by atoms with E-state index in [9.17, 15) is 8.78 Å². The highest BCUT2D eigenvalue weighted by Gasteiger charge is 2.42. The average molecular weight is 473 g/mol. The minimum absolute atomic E-state index is 0.315. The molecule has 0 unspecified atom stereocenters. The third-order valence-electron chi connectivity index (χ3n) is 5.65. The van der Waals surface area contributed by atoms with Crippen molar-refractivity contribution < 1.29 is 8.78 Å². The lowest BCUT2D eigenvalue weighted by Crippen LogP contribution is -2.57. The van der Waals surface area contributed by atoms with Gasteiger partial charge in [0.05, 0.1) is 6.04 Å².